The van der Waals surface area contributed by atoms with Crippen molar-refractivity contribution in [1.82, 2.24) is 0 Å². The molecule has 5 heteroatoms. The van der Waals surface area contributed by atoms with Crippen LogP contribution >= 0.6 is 0 Å². The van der Waals surface area contributed by atoms with E-state index in [9.17, 15) is 13.0 Å². The zero-order valence-corrected chi connectivity index (χ0v) is 9.00. The normalized spacial score (nSPS) is 22.3. The lowest BCUT2D eigenvalue weighted by molar-refractivity contribution is 0.372. The number of rotatable bonds is 3. The summed E-state index contributed by atoms with van der Waals surface area (Å²) in [5.41, 5.74) is 0. The van der Waals surface area contributed by atoms with Crippen LogP contribution in [0.5, 0.6) is 0 Å². The zero-order valence-electron chi connectivity index (χ0n) is 7.37. The quantitative estimate of drug-likeness (QED) is 0.498. The van der Waals surface area contributed by atoms with E-state index >= 15 is 0 Å². The van der Waals surface area contributed by atoms with Gasteiger partial charge in [0, 0.05) is 0 Å². The molecule has 0 aromatic heterocycles. The largest absolute Gasteiger partial charge is 0.748 e. The molecule has 0 unspecified atom stereocenters. The molecule has 72 valence electrons. The first-order valence-corrected chi connectivity index (χ1v) is 7.49. The van der Waals surface area contributed by atoms with Crippen LogP contribution in [0.4, 0.5) is 0 Å². The minimum absolute atomic E-state index is 0.0422. The molecular weight excluding hydrogens is 196 g/mol. The van der Waals surface area contributed by atoms with Crippen LogP contribution in [0.2, 0.25) is 0 Å². The van der Waals surface area contributed by atoms with Gasteiger partial charge >= 0.3 is 0 Å². The highest BCUT2D eigenvalue weighted by Crippen LogP contribution is 2.39. The lowest BCUT2D eigenvalue weighted by Crippen LogP contribution is -2.49. The average molecular weight is 210 g/mol. The van der Waals surface area contributed by atoms with E-state index in [4.69, 9.17) is 0 Å². The van der Waals surface area contributed by atoms with Gasteiger partial charge in [-0.1, -0.05) is 0 Å². The summed E-state index contributed by atoms with van der Waals surface area (Å²) in [4.78, 5) is 0. The minimum Gasteiger partial charge on any atom is -0.748 e. The van der Waals surface area contributed by atoms with Crippen molar-refractivity contribution in [3.05, 3.63) is 0 Å². The summed E-state index contributed by atoms with van der Waals surface area (Å²) in [6.45, 7) is 0. The van der Waals surface area contributed by atoms with E-state index in [1.54, 1.807) is 0 Å². The molecule has 0 aromatic rings. The fourth-order valence-electron chi connectivity index (χ4n) is 1.56. The summed E-state index contributed by atoms with van der Waals surface area (Å²) < 4.78 is 31.6. The Bertz CT molecular complexity index is 252. The third-order valence-corrected chi connectivity index (χ3v) is 5.94. The fraction of sp³-hybridized carbons (Fsp3) is 1.00. The molecule has 0 atom stereocenters. The van der Waals surface area contributed by atoms with Gasteiger partial charge < -0.3 is 4.55 Å². The molecule has 1 aliphatic rings. The average Bonchev–Trinajstić information content (AvgIpc) is 1.75. The lowest BCUT2D eigenvalue weighted by Gasteiger charge is -2.38. The molecule has 0 aliphatic heterocycles. The van der Waals surface area contributed by atoms with Gasteiger partial charge in [0.1, 0.15) is 4.75 Å². The molecule has 1 saturated carbocycles. The van der Waals surface area contributed by atoms with Gasteiger partial charge in [-0.05, 0) is 30.2 Å². The Balaban J connectivity index is 2.70. The SMILES string of the molecule is C[S+](C)C1(CS(=O)(=O)[O-])CCC1. The standard InChI is InChI=1S/C7H14O3S2/c1-11(2)7(4-3-5-7)6-12(8,9)10/h3-6H2,1-2H3. The van der Waals surface area contributed by atoms with E-state index in [0.717, 1.165) is 19.3 Å². The highest BCUT2D eigenvalue weighted by Gasteiger charge is 2.49. The predicted octanol–water partition coefficient (Wildman–Crippen LogP) is 0.332. The molecule has 1 aliphatic carbocycles. The van der Waals surface area contributed by atoms with Crippen molar-refractivity contribution in [3.63, 3.8) is 0 Å². The van der Waals surface area contributed by atoms with Crippen LogP contribution in [-0.2, 0) is 21.0 Å². The summed E-state index contributed by atoms with van der Waals surface area (Å²) >= 11 is 0. The molecule has 0 radical (unpaired) electrons. The van der Waals surface area contributed by atoms with E-state index in [2.05, 4.69) is 0 Å². The number of hydrogen-bond donors (Lipinski definition) is 0. The van der Waals surface area contributed by atoms with E-state index < -0.39 is 10.1 Å². The van der Waals surface area contributed by atoms with E-state index in [1.165, 1.54) is 0 Å². The van der Waals surface area contributed by atoms with Crippen molar-refractivity contribution < 1.29 is 13.0 Å². The third kappa shape index (κ3) is 2.14. The molecule has 0 amide bonds. The second-order valence-electron chi connectivity index (χ2n) is 3.56. The zero-order chi connectivity index (χ0) is 9.41. The molecular formula is C7H14O3S2. The maximum absolute atomic E-state index is 10.6. The van der Waals surface area contributed by atoms with Gasteiger partial charge in [0.15, 0.2) is 0 Å². The Morgan fingerprint density at radius 1 is 1.42 bits per heavy atom. The van der Waals surface area contributed by atoms with Crippen molar-refractivity contribution in [2.75, 3.05) is 18.3 Å². The highest BCUT2D eigenvalue weighted by atomic mass is 32.2. The van der Waals surface area contributed by atoms with Crippen molar-refractivity contribution in [2.45, 2.75) is 24.0 Å². The molecule has 0 N–H and O–H groups in total. The second kappa shape index (κ2) is 3.20. The minimum atomic E-state index is -4.03. The fourth-order valence-corrected chi connectivity index (χ4v) is 4.98. The summed E-state index contributed by atoms with van der Waals surface area (Å²) in [7, 11) is -3.99. The smallest absolute Gasteiger partial charge is 0.140 e. The van der Waals surface area contributed by atoms with Gasteiger partial charge in [0.25, 0.3) is 0 Å². The Morgan fingerprint density at radius 3 is 2.00 bits per heavy atom. The molecule has 0 heterocycles. The summed E-state index contributed by atoms with van der Waals surface area (Å²) in [5.74, 6) is -0.157. The Labute approximate surface area is 76.6 Å². The van der Waals surface area contributed by atoms with Gasteiger partial charge in [-0.25, -0.2) is 8.42 Å². The van der Waals surface area contributed by atoms with Gasteiger partial charge in [-0.2, -0.15) is 0 Å². The molecule has 1 rings (SSSR count). The van der Waals surface area contributed by atoms with Gasteiger partial charge in [0.2, 0.25) is 0 Å². The molecule has 12 heavy (non-hydrogen) atoms. The van der Waals surface area contributed by atoms with Crippen molar-refractivity contribution >= 4 is 21.0 Å². The first-order valence-electron chi connectivity index (χ1n) is 3.87. The van der Waals surface area contributed by atoms with Crippen LogP contribution in [0.1, 0.15) is 19.3 Å². The summed E-state index contributed by atoms with van der Waals surface area (Å²) in [6, 6.07) is 0. The van der Waals surface area contributed by atoms with E-state index in [1.807, 2.05) is 12.5 Å². The Morgan fingerprint density at radius 2 is 1.92 bits per heavy atom. The summed E-state index contributed by atoms with van der Waals surface area (Å²) in [5, 5.41) is 0. The molecule has 0 spiro atoms. The van der Waals surface area contributed by atoms with Gasteiger partial charge in [0.05, 0.1) is 28.4 Å². The van der Waals surface area contributed by atoms with E-state index in [-0.39, 0.29) is 21.4 Å². The number of hydrogen-bond acceptors (Lipinski definition) is 3. The lowest BCUT2D eigenvalue weighted by atomic mass is 9.86. The maximum Gasteiger partial charge on any atom is 0.140 e. The maximum atomic E-state index is 10.6. The topological polar surface area (TPSA) is 57.2 Å². The van der Waals surface area contributed by atoms with Crippen LogP contribution < -0.4 is 0 Å². The van der Waals surface area contributed by atoms with Gasteiger partial charge in [-0.15, -0.1) is 0 Å². The van der Waals surface area contributed by atoms with Crippen molar-refractivity contribution in [3.8, 4) is 0 Å². The molecule has 1 fully saturated rings. The Kier molecular flexibility index (Phi) is 2.75. The van der Waals surface area contributed by atoms with Gasteiger partial charge in [-0.3, -0.25) is 0 Å². The highest BCUT2D eigenvalue weighted by molar-refractivity contribution is 7.98. The van der Waals surface area contributed by atoms with Crippen molar-refractivity contribution in [2.24, 2.45) is 0 Å². The van der Waals surface area contributed by atoms with Crippen LogP contribution in [0.15, 0.2) is 0 Å². The Hall–Kier alpha value is 0.260. The van der Waals surface area contributed by atoms with Crippen molar-refractivity contribution in [1.29, 1.82) is 0 Å². The molecule has 0 bridgehead atoms. The first kappa shape index (κ1) is 10.3. The third-order valence-electron chi connectivity index (χ3n) is 2.57. The van der Waals surface area contributed by atoms with Crippen LogP contribution in [0.25, 0.3) is 0 Å². The molecule has 3 nitrogen and oxygen atoms in total. The molecule has 0 aromatic carbocycles. The predicted molar refractivity (Wildman–Crippen MR) is 50.4 cm³/mol. The monoisotopic (exact) mass is 210 g/mol. The van der Waals surface area contributed by atoms with Crippen LogP contribution in [-0.4, -0.2) is 36.0 Å². The van der Waals surface area contributed by atoms with Crippen LogP contribution in [0, 0.1) is 0 Å². The first-order chi connectivity index (χ1) is 5.36. The van der Waals surface area contributed by atoms with E-state index in [0.29, 0.717) is 0 Å². The second-order valence-corrected chi connectivity index (χ2v) is 7.46. The summed E-state index contributed by atoms with van der Waals surface area (Å²) in [6.07, 6.45) is 6.92. The van der Waals surface area contributed by atoms with Crippen LogP contribution in [0.3, 0.4) is 0 Å². The molecule has 0 saturated heterocycles.